The fraction of sp³-hybridized carbons (Fsp3) is 0.278. The molecular formula is C18H19BrClNO4. The molecule has 0 aromatic heterocycles. The highest BCUT2D eigenvalue weighted by molar-refractivity contribution is 9.10. The Morgan fingerprint density at radius 1 is 1.28 bits per heavy atom. The van der Waals surface area contributed by atoms with Gasteiger partial charge >= 0.3 is 5.97 Å². The van der Waals surface area contributed by atoms with Crippen molar-refractivity contribution in [1.29, 1.82) is 0 Å². The Hall–Kier alpha value is -1.92. The van der Waals surface area contributed by atoms with Crippen molar-refractivity contribution in [1.82, 2.24) is 0 Å². The number of ether oxygens (including phenoxy) is 2. The molecule has 2 rings (SSSR count). The summed E-state index contributed by atoms with van der Waals surface area (Å²) >= 11 is 9.66. The molecule has 5 nitrogen and oxygen atoms in total. The number of hydrogen-bond donors (Lipinski definition) is 2. The molecule has 0 aliphatic carbocycles. The van der Waals surface area contributed by atoms with Crippen LogP contribution in [0.3, 0.4) is 0 Å². The highest BCUT2D eigenvalue weighted by Gasteiger charge is 2.13. The van der Waals surface area contributed by atoms with E-state index in [0.717, 1.165) is 10.0 Å². The topological polar surface area (TPSA) is 67.8 Å². The van der Waals surface area contributed by atoms with Crippen molar-refractivity contribution < 1.29 is 19.4 Å². The van der Waals surface area contributed by atoms with Crippen LogP contribution >= 0.6 is 27.5 Å². The van der Waals surface area contributed by atoms with Crippen molar-refractivity contribution in [3.63, 3.8) is 0 Å². The Kier molecular flexibility index (Phi) is 6.56. The summed E-state index contributed by atoms with van der Waals surface area (Å²) in [6.07, 6.45) is 0.0299. The predicted molar refractivity (Wildman–Crippen MR) is 102 cm³/mol. The third kappa shape index (κ3) is 5.03. The average molecular weight is 429 g/mol. The molecular weight excluding hydrogens is 410 g/mol. The molecule has 0 aliphatic heterocycles. The number of halogens is 2. The third-order valence-corrected chi connectivity index (χ3v) is 4.45. The largest absolute Gasteiger partial charge is 0.493 e. The van der Waals surface area contributed by atoms with Gasteiger partial charge in [0.2, 0.25) is 0 Å². The van der Waals surface area contributed by atoms with E-state index >= 15 is 0 Å². The summed E-state index contributed by atoms with van der Waals surface area (Å²) in [4.78, 5) is 11.1. The molecule has 0 fully saturated rings. The second kappa shape index (κ2) is 8.45. The lowest BCUT2D eigenvalue weighted by atomic mass is 10.1. The van der Waals surface area contributed by atoms with Crippen molar-refractivity contribution in [2.24, 2.45) is 0 Å². The van der Waals surface area contributed by atoms with Gasteiger partial charge in [0, 0.05) is 11.0 Å². The van der Waals surface area contributed by atoms with Crippen molar-refractivity contribution in [3.8, 4) is 11.5 Å². The molecule has 7 heteroatoms. The van der Waals surface area contributed by atoms with Crippen LogP contribution in [0.15, 0.2) is 34.8 Å². The molecule has 0 bridgehead atoms. The van der Waals surface area contributed by atoms with Gasteiger partial charge < -0.3 is 19.9 Å². The van der Waals surface area contributed by atoms with Gasteiger partial charge in [-0.05, 0) is 49.7 Å². The minimum absolute atomic E-state index is 0.0299. The highest BCUT2D eigenvalue weighted by Crippen LogP contribution is 2.35. The van der Waals surface area contributed by atoms with Crippen molar-refractivity contribution >= 4 is 39.2 Å². The molecule has 0 unspecified atom stereocenters. The zero-order valence-electron chi connectivity index (χ0n) is 14.1. The van der Waals surface area contributed by atoms with E-state index in [4.69, 9.17) is 26.2 Å². The molecule has 2 N–H and O–H groups in total. The highest BCUT2D eigenvalue weighted by atomic mass is 79.9. The van der Waals surface area contributed by atoms with E-state index in [-0.39, 0.29) is 11.7 Å². The monoisotopic (exact) mass is 427 g/mol. The van der Waals surface area contributed by atoms with Crippen LogP contribution in [0.25, 0.3) is 0 Å². The van der Waals surface area contributed by atoms with Gasteiger partial charge in [-0.1, -0.05) is 27.5 Å². The Balaban J connectivity index is 2.23. The van der Waals surface area contributed by atoms with E-state index < -0.39 is 5.97 Å². The van der Waals surface area contributed by atoms with Crippen LogP contribution in [0.5, 0.6) is 11.5 Å². The van der Waals surface area contributed by atoms with Gasteiger partial charge in [0.1, 0.15) is 0 Å². The molecule has 0 aliphatic rings. The third-order valence-electron chi connectivity index (χ3n) is 3.38. The van der Waals surface area contributed by atoms with Gasteiger partial charge in [0.05, 0.1) is 29.5 Å². The lowest BCUT2D eigenvalue weighted by molar-refractivity contribution is 0.0697. The summed E-state index contributed by atoms with van der Waals surface area (Å²) < 4.78 is 12.0. The first-order chi connectivity index (χ1) is 11.8. The van der Waals surface area contributed by atoms with Crippen molar-refractivity contribution in [2.75, 3.05) is 12.4 Å². The van der Waals surface area contributed by atoms with Gasteiger partial charge in [-0.2, -0.15) is 0 Å². The number of carboxylic acids is 1. The molecule has 2 aromatic carbocycles. The summed E-state index contributed by atoms with van der Waals surface area (Å²) in [5.41, 5.74) is 1.64. The fourth-order valence-electron chi connectivity index (χ4n) is 2.20. The Morgan fingerprint density at radius 2 is 2.00 bits per heavy atom. The first-order valence-corrected chi connectivity index (χ1v) is 8.78. The normalized spacial score (nSPS) is 10.6. The molecule has 134 valence electrons. The summed E-state index contributed by atoms with van der Waals surface area (Å²) in [6, 6.07) is 8.25. The Bertz CT molecular complexity index is 780. The van der Waals surface area contributed by atoms with E-state index in [9.17, 15) is 4.79 Å². The average Bonchev–Trinajstić information content (AvgIpc) is 2.54. The molecule has 0 heterocycles. The number of methoxy groups -OCH3 is 1. The summed E-state index contributed by atoms with van der Waals surface area (Å²) in [6.45, 7) is 4.32. The first kappa shape index (κ1) is 19.4. The molecule has 0 saturated heterocycles. The maximum absolute atomic E-state index is 11.1. The van der Waals surface area contributed by atoms with Gasteiger partial charge in [0.25, 0.3) is 0 Å². The van der Waals surface area contributed by atoms with E-state index in [0.29, 0.717) is 28.8 Å². The number of aromatic carboxylic acids is 1. The number of carbonyl (C=O) groups is 1. The van der Waals surface area contributed by atoms with E-state index in [1.54, 1.807) is 13.2 Å². The summed E-state index contributed by atoms with van der Waals surface area (Å²) in [5, 5.41) is 12.7. The molecule has 0 atom stereocenters. The van der Waals surface area contributed by atoms with Crippen LogP contribution in [0, 0.1) is 0 Å². The molecule has 0 amide bonds. The second-order valence-electron chi connectivity index (χ2n) is 5.61. The quantitative estimate of drug-likeness (QED) is 0.634. The lowest BCUT2D eigenvalue weighted by Crippen LogP contribution is -2.08. The van der Waals surface area contributed by atoms with Gasteiger partial charge in [-0.25, -0.2) is 4.79 Å². The van der Waals surface area contributed by atoms with Crippen LogP contribution in [-0.4, -0.2) is 24.3 Å². The second-order valence-corrected chi connectivity index (χ2v) is 6.88. The smallest absolute Gasteiger partial charge is 0.335 e. The van der Waals surface area contributed by atoms with E-state index in [2.05, 4.69) is 21.2 Å². The molecule has 0 radical (unpaired) electrons. The molecule has 0 saturated carbocycles. The number of benzene rings is 2. The van der Waals surface area contributed by atoms with Crippen LogP contribution in [0.2, 0.25) is 5.02 Å². The Morgan fingerprint density at radius 3 is 2.60 bits per heavy atom. The number of rotatable bonds is 7. The molecule has 25 heavy (non-hydrogen) atoms. The van der Waals surface area contributed by atoms with Crippen LogP contribution in [-0.2, 0) is 6.54 Å². The number of hydrogen-bond acceptors (Lipinski definition) is 4. The van der Waals surface area contributed by atoms with Crippen molar-refractivity contribution in [3.05, 3.63) is 51.0 Å². The van der Waals surface area contributed by atoms with Gasteiger partial charge in [-0.3, -0.25) is 0 Å². The summed E-state index contributed by atoms with van der Waals surface area (Å²) in [5.74, 6) is 0.274. The molecule has 0 spiro atoms. The van der Waals surface area contributed by atoms with Gasteiger partial charge in [0.15, 0.2) is 11.5 Å². The van der Waals surface area contributed by atoms with E-state index in [1.165, 1.54) is 12.1 Å². The minimum atomic E-state index is -1.00. The van der Waals surface area contributed by atoms with Gasteiger partial charge in [-0.15, -0.1) is 0 Å². The standard InChI is InChI=1S/C18H19BrClNO4/c1-10(2)25-17-8-13(19)12(7-16(17)24-3)9-21-15-6-11(18(22)23)4-5-14(15)20/h4-8,10,21H,9H2,1-3H3,(H,22,23). The van der Waals surface area contributed by atoms with Crippen molar-refractivity contribution in [2.45, 2.75) is 26.5 Å². The van der Waals surface area contributed by atoms with E-state index in [1.807, 2.05) is 26.0 Å². The summed E-state index contributed by atoms with van der Waals surface area (Å²) in [7, 11) is 1.58. The van der Waals surface area contributed by atoms with Crippen LogP contribution in [0.4, 0.5) is 5.69 Å². The predicted octanol–water partition coefficient (Wildman–Crippen LogP) is 5.21. The van der Waals surface area contributed by atoms with Crippen LogP contribution < -0.4 is 14.8 Å². The maximum Gasteiger partial charge on any atom is 0.335 e. The fourth-order valence-corrected chi connectivity index (χ4v) is 2.85. The zero-order valence-corrected chi connectivity index (χ0v) is 16.4. The number of nitrogens with one attached hydrogen (secondary N) is 1. The first-order valence-electron chi connectivity index (χ1n) is 7.61. The maximum atomic E-state index is 11.1. The number of anilines is 1. The lowest BCUT2D eigenvalue weighted by Gasteiger charge is -2.17. The number of carboxylic acid groups (broad SMARTS) is 1. The SMILES string of the molecule is COc1cc(CNc2cc(C(=O)O)ccc2Cl)c(Br)cc1OC(C)C. The zero-order chi connectivity index (χ0) is 18.6. The van der Waals surface area contributed by atoms with Crippen LogP contribution in [0.1, 0.15) is 29.8 Å². The molecule has 2 aromatic rings. The minimum Gasteiger partial charge on any atom is -0.493 e. The Labute approximate surface area is 160 Å².